The van der Waals surface area contributed by atoms with E-state index in [1.54, 1.807) is 36.4 Å². The smallest absolute Gasteiger partial charge is 0.270 e. The number of pyridine rings is 1. The summed E-state index contributed by atoms with van der Waals surface area (Å²) in [5.41, 5.74) is 15.5. The molecule has 0 aliphatic heterocycles. The van der Waals surface area contributed by atoms with Crippen LogP contribution in [-0.4, -0.2) is 58.9 Å². The summed E-state index contributed by atoms with van der Waals surface area (Å²) in [5.74, 6) is -2.30. The summed E-state index contributed by atoms with van der Waals surface area (Å²) in [6.45, 7) is 5.36. The number of hydrogen-bond acceptors (Lipinski definition) is 7. The van der Waals surface area contributed by atoms with Gasteiger partial charge in [-0.15, -0.1) is 0 Å². The molecule has 3 rings (SSSR count). The van der Waals surface area contributed by atoms with Crippen LogP contribution in [0.2, 0.25) is 0 Å². The Morgan fingerprint density at radius 1 is 0.955 bits per heavy atom. The number of nitrogens with zero attached hydrogens (tertiary/aromatic N) is 4. The minimum atomic E-state index is -1.34. The van der Waals surface area contributed by atoms with Gasteiger partial charge in [-0.1, -0.05) is 53.6 Å². The van der Waals surface area contributed by atoms with Gasteiger partial charge in [0.25, 0.3) is 11.8 Å². The number of carbonyl (C=O) groups is 4. The molecule has 0 saturated carbocycles. The molecular formula is C31H36N8O5. The number of hydrogen-bond donors (Lipinski definition) is 4. The summed E-state index contributed by atoms with van der Waals surface area (Å²) in [7, 11) is 0. The number of azide groups is 1. The molecule has 4 amide bonds. The van der Waals surface area contributed by atoms with E-state index in [1.165, 1.54) is 12.3 Å². The third-order valence-electron chi connectivity index (χ3n) is 6.24. The first-order valence-electron chi connectivity index (χ1n) is 13.9. The Morgan fingerprint density at radius 2 is 1.64 bits per heavy atom. The standard InChI is InChI=1S/C31H36N8O5/c1-31(2,3)37-28(41)21-13-7-8-15-26(21)44-19-25(38-39-33)23(17-20-11-5-4-6-12-20)35-30(43)24(18-27(32)40)36-29(42)22-14-9-10-16-34-22/h4-16,23-25H,17-19H2,1-3H3,(H2,32,40)(H,35,43)(H,36,42)(H,37,41)/t23-,24-,25+/m0/s1. The van der Waals surface area contributed by atoms with E-state index >= 15 is 0 Å². The molecule has 0 aliphatic rings. The molecule has 3 aromatic rings. The fourth-order valence-corrected chi connectivity index (χ4v) is 4.23. The lowest BCUT2D eigenvalue weighted by Crippen LogP contribution is -2.54. The van der Waals surface area contributed by atoms with Crippen LogP contribution in [0.1, 0.15) is 53.6 Å². The highest BCUT2D eigenvalue weighted by atomic mass is 16.5. The van der Waals surface area contributed by atoms with Gasteiger partial charge in [-0.2, -0.15) is 0 Å². The number of benzene rings is 2. The molecule has 2 aromatic carbocycles. The monoisotopic (exact) mass is 600 g/mol. The summed E-state index contributed by atoms with van der Waals surface area (Å²) in [6, 6.07) is 17.3. The number of nitrogens with two attached hydrogens (primary N) is 1. The molecule has 0 fully saturated rings. The molecule has 0 spiro atoms. The zero-order valence-corrected chi connectivity index (χ0v) is 24.8. The Labute approximate surface area is 255 Å². The van der Waals surface area contributed by atoms with Crippen molar-refractivity contribution in [1.29, 1.82) is 0 Å². The lowest BCUT2D eigenvalue weighted by molar-refractivity contribution is -0.127. The van der Waals surface area contributed by atoms with Crippen molar-refractivity contribution >= 4 is 23.6 Å². The number of ether oxygens (including phenoxy) is 1. The van der Waals surface area contributed by atoms with Crippen LogP contribution in [0.25, 0.3) is 10.4 Å². The minimum Gasteiger partial charge on any atom is -0.492 e. The molecule has 0 saturated heterocycles. The Morgan fingerprint density at radius 3 is 2.27 bits per heavy atom. The average Bonchev–Trinajstić information content (AvgIpc) is 2.98. The van der Waals surface area contributed by atoms with Gasteiger partial charge in [-0.05, 0) is 62.6 Å². The van der Waals surface area contributed by atoms with Crippen LogP contribution in [-0.2, 0) is 16.0 Å². The Bertz CT molecular complexity index is 1490. The number of carbonyl (C=O) groups excluding carboxylic acids is 4. The van der Waals surface area contributed by atoms with Crippen LogP contribution in [0.3, 0.4) is 0 Å². The van der Waals surface area contributed by atoms with E-state index in [0.717, 1.165) is 5.56 Å². The van der Waals surface area contributed by atoms with Gasteiger partial charge < -0.3 is 26.4 Å². The number of amides is 4. The largest absolute Gasteiger partial charge is 0.492 e. The number of primary amides is 1. The van der Waals surface area contributed by atoms with E-state index in [0.29, 0.717) is 0 Å². The number of aromatic nitrogens is 1. The summed E-state index contributed by atoms with van der Waals surface area (Å²) < 4.78 is 6.01. The van der Waals surface area contributed by atoms with Crippen molar-refractivity contribution in [1.82, 2.24) is 20.9 Å². The first kappa shape index (κ1) is 33.1. The fraction of sp³-hybridized carbons (Fsp3) is 0.323. The van der Waals surface area contributed by atoms with Gasteiger partial charge in [0.05, 0.1) is 24.6 Å². The maximum Gasteiger partial charge on any atom is 0.270 e. The van der Waals surface area contributed by atoms with Crippen LogP contribution in [0.4, 0.5) is 0 Å². The summed E-state index contributed by atoms with van der Waals surface area (Å²) in [6.07, 6.45) is 1.15. The summed E-state index contributed by atoms with van der Waals surface area (Å²) >= 11 is 0. The van der Waals surface area contributed by atoms with Gasteiger partial charge in [0.1, 0.15) is 17.5 Å². The lowest BCUT2D eigenvalue weighted by Gasteiger charge is -2.28. The highest BCUT2D eigenvalue weighted by Crippen LogP contribution is 2.21. The van der Waals surface area contributed by atoms with Gasteiger partial charge in [-0.3, -0.25) is 24.2 Å². The minimum absolute atomic E-state index is 0.0464. The predicted octanol–water partition coefficient (Wildman–Crippen LogP) is 3.07. The topological polar surface area (TPSA) is 201 Å². The van der Waals surface area contributed by atoms with E-state index in [-0.39, 0.29) is 35.9 Å². The van der Waals surface area contributed by atoms with E-state index in [9.17, 15) is 24.7 Å². The van der Waals surface area contributed by atoms with Crippen molar-refractivity contribution < 1.29 is 23.9 Å². The van der Waals surface area contributed by atoms with Crippen LogP contribution in [0.5, 0.6) is 5.75 Å². The molecule has 13 heteroatoms. The molecule has 13 nitrogen and oxygen atoms in total. The summed E-state index contributed by atoms with van der Waals surface area (Å²) in [4.78, 5) is 58.0. The van der Waals surface area contributed by atoms with Gasteiger partial charge in [0.2, 0.25) is 11.8 Å². The average molecular weight is 601 g/mol. The van der Waals surface area contributed by atoms with E-state index < -0.39 is 47.8 Å². The molecule has 0 unspecified atom stereocenters. The zero-order chi connectivity index (χ0) is 32.1. The first-order valence-corrected chi connectivity index (χ1v) is 13.9. The normalized spacial score (nSPS) is 12.9. The second kappa shape index (κ2) is 15.7. The SMILES string of the molecule is CC(C)(C)NC(=O)c1ccccc1OC[C@@H](N=[N+]=[N-])[C@H](Cc1ccccc1)NC(=O)[C@H](CC(N)=O)NC(=O)c1ccccn1. The summed E-state index contributed by atoms with van der Waals surface area (Å²) in [5, 5.41) is 12.1. The third-order valence-corrected chi connectivity index (χ3v) is 6.24. The molecule has 0 bridgehead atoms. The van der Waals surface area contributed by atoms with E-state index in [1.807, 2.05) is 51.1 Å². The van der Waals surface area contributed by atoms with Gasteiger partial charge >= 0.3 is 0 Å². The highest BCUT2D eigenvalue weighted by Gasteiger charge is 2.30. The van der Waals surface area contributed by atoms with E-state index in [2.05, 4.69) is 31.0 Å². The van der Waals surface area contributed by atoms with Gasteiger partial charge in [0, 0.05) is 22.7 Å². The van der Waals surface area contributed by atoms with Crippen molar-refractivity contribution in [2.24, 2.45) is 10.8 Å². The van der Waals surface area contributed by atoms with Crippen molar-refractivity contribution in [2.75, 3.05) is 6.61 Å². The van der Waals surface area contributed by atoms with Crippen molar-refractivity contribution in [3.05, 3.63) is 106 Å². The van der Waals surface area contributed by atoms with Crippen molar-refractivity contribution in [3.8, 4) is 5.75 Å². The molecule has 3 atom stereocenters. The van der Waals surface area contributed by atoms with Crippen LogP contribution < -0.4 is 26.4 Å². The van der Waals surface area contributed by atoms with Crippen LogP contribution in [0, 0.1) is 0 Å². The maximum atomic E-state index is 13.5. The van der Waals surface area contributed by atoms with E-state index in [4.69, 9.17) is 10.5 Å². The quantitative estimate of drug-likeness (QED) is 0.124. The number of rotatable bonds is 14. The highest BCUT2D eigenvalue weighted by molar-refractivity contribution is 5.98. The number of para-hydroxylation sites is 1. The molecule has 1 aromatic heterocycles. The predicted molar refractivity (Wildman–Crippen MR) is 163 cm³/mol. The van der Waals surface area contributed by atoms with Crippen LogP contribution in [0.15, 0.2) is 84.1 Å². The fourth-order valence-electron chi connectivity index (χ4n) is 4.23. The molecule has 0 aliphatic carbocycles. The molecule has 44 heavy (non-hydrogen) atoms. The van der Waals surface area contributed by atoms with Crippen molar-refractivity contribution in [3.63, 3.8) is 0 Å². The zero-order valence-electron chi connectivity index (χ0n) is 24.8. The second-order valence-corrected chi connectivity index (χ2v) is 11.0. The second-order valence-electron chi connectivity index (χ2n) is 11.0. The van der Waals surface area contributed by atoms with Crippen LogP contribution >= 0.6 is 0 Å². The Balaban J connectivity index is 1.87. The molecule has 5 N–H and O–H groups in total. The number of nitrogens with one attached hydrogen (secondary N) is 3. The molecule has 0 radical (unpaired) electrons. The van der Waals surface area contributed by atoms with Crippen molar-refractivity contribution in [2.45, 2.75) is 57.3 Å². The Hall–Kier alpha value is -5.42. The maximum absolute atomic E-state index is 13.5. The Kier molecular flexibility index (Phi) is 11.8. The molecule has 230 valence electrons. The lowest BCUT2D eigenvalue weighted by atomic mass is 9.99. The van der Waals surface area contributed by atoms with Gasteiger partial charge in [0.15, 0.2) is 0 Å². The first-order chi connectivity index (χ1) is 21.0. The molecular weight excluding hydrogens is 564 g/mol. The molecule has 1 heterocycles. The van der Waals surface area contributed by atoms with Gasteiger partial charge in [-0.25, -0.2) is 0 Å². The third kappa shape index (κ3) is 10.4.